The van der Waals surface area contributed by atoms with Crippen molar-refractivity contribution in [2.24, 2.45) is 0 Å². The molecule has 4 N–H and O–H groups in total. The maximum absolute atomic E-state index is 12.3. The number of carbonyl (C=O) groups is 2. The van der Waals surface area contributed by atoms with Gasteiger partial charge in [0, 0.05) is 11.1 Å². The van der Waals surface area contributed by atoms with Gasteiger partial charge in [-0.3, -0.25) is 20.4 Å². The molecule has 3 rings (SSSR count). The molecule has 2 amide bonds. The van der Waals surface area contributed by atoms with E-state index in [4.69, 9.17) is 5.84 Å². The van der Waals surface area contributed by atoms with Crippen molar-refractivity contribution < 1.29 is 9.59 Å². The molecule has 0 saturated heterocycles. The molecule has 0 spiro atoms. The Bertz CT molecular complexity index is 972. The summed E-state index contributed by atoms with van der Waals surface area (Å²) in [4.78, 5) is 24.3. The zero-order chi connectivity index (χ0) is 20.1. The third-order valence-electron chi connectivity index (χ3n) is 3.96. The molecule has 1 heterocycles. The summed E-state index contributed by atoms with van der Waals surface area (Å²) in [6.45, 7) is 3.68. The highest BCUT2D eigenvalue weighted by molar-refractivity contribution is 8.00. The molecule has 0 fully saturated rings. The van der Waals surface area contributed by atoms with E-state index < -0.39 is 11.2 Å². The molecule has 144 valence electrons. The van der Waals surface area contributed by atoms with Crippen LogP contribution in [0.4, 0.5) is 0 Å². The van der Waals surface area contributed by atoms with Gasteiger partial charge in [-0.15, -0.1) is 10.2 Å². The van der Waals surface area contributed by atoms with Crippen molar-refractivity contribution in [1.82, 2.24) is 25.7 Å². The van der Waals surface area contributed by atoms with Crippen LogP contribution in [0, 0.1) is 6.92 Å². The van der Waals surface area contributed by atoms with Crippen molar-refractivity contribution in [3.05, 3.63) is 65.7 Å². The molecule has 28 heavy (non-hydrogen) atoms. The van der Waals surface area contributed by atoms with Crippen molar-refractivity contribution in [2.45, 2.75) is 24.3 Å². The topological polar surface area (TPSA) is 115 Å². The zero-order valence-corrected chi connectivity index (χ0v) is 16.2. The average molecular weight is 396 g/mol. The van der Waals surface area contributed by atoms with Crippen molar-refractivity contribution in [3.63, 3.8) is 0 Å². The monoisotopic (exact) mass is 396 g/mol. The number of benzene rings is 2. The molecule has 8 nitrogen and oxygen atoms in total. The highest BCUT2D eigenvalue weighted by atomic mass is 32.2. The van der Waals surface area contributed by atoms with Crippen molar-refractivity contribution in [1.29, 1.82) is 0 Å². The predicted molar refractivity (Wildman–Crippen MR) is 108 cm³/mol. The highest BCUT2D eigenvalue weighted by Crippen LogP contribution is 2.24. The second-order valence-electron chi connectivity index (χ2n) is 6.11. The quantitative estimate of drug-likeness (QED) is 0.345. The number of aryl methyl sites for hydroxylation is 1. The van der Waals surface area contributed by atoms with Crippen LogP contribution in [0.5, 0.6) is 0 Å². The smallest absolute Gasteiger partial charge is 0.269 e. The van der Waals surface area contributed by atoms with Crippen LogP contribution in [0.2, 0.25) is 0 Å². The van der Waals surface area contributed by atoms with Crippen molar-refractivity contribution in [3.8, 4) is 11.4 Å². The van der Waals surface area contributed by atoms with Gasteiger partial charge in [0.1, 0.15) is 0 Å². The van der Waals surface area contributed by atoms with Crippen LogP contribution in [0.3, 0.4) is 0 Å². The van der Waals surface area contributed by atoms with Gasteiger partial charge < -0.3 is 5.84 Å². The fourth-order valence-corrected chi connectivity index (χ4v) is 3.12. The molecule has 0 bridgehead atoms. The van der Waals surface area contributed by atoms with Crippen LogP contribution in [0.25, 0.3) is 11.4 Å². The van der Waals surface area contributed by atoms with Gasteiger partial charge in [-0.25, -0.2) is 4.68 Å². The molecular weight excluding hydrogens is 376 g/mol. The van der Waals surface area contributed by atoms with E-state index in [-0.39, 0.29) is 5.91 Å². The number of nitrogen functional groups attached to an aromatic ring is 1. The Morgan fingerprint density at radius 1 is 1.04 bits per heavy atom. The molecule has 1 unspecified atom stereocenters. The molecule has 2 aromatic carbocycles. The minimum Gasteiger partial charge on any atom is -0.335 e. The molecule has 0 aliphatic carbocycles. The SMILES string of the molecule is Cc1ccc(-c2nnc(SC(C)C(=O)NNC(=O)c3ccccc3)n2N)cc1. The number of hydrogen-bond donors (Lipinski definition) is 3. The number of thioether (sulfide) groups is 1. The second-order valence-corrected chi connectivity index (χ2v) is 7.42. The molecule has 1 aromatic heterocycles. The Kier molecular flexibility index (Phi) is 5.95. The molecule has 3 aromatic rings. The maximum Gasteiger partial charge on any atom is 0.269 e. The number of rotatable bonds is 5. The number of carbonyl (C=O) groups excluding carboxylic acids is 2. The molecule has 1 atom stereocenters. The minimum atomic E-state index is -0.548. The summed E-state index contributed by atoms with van der Waals surface area (Å²) in [6.07, 6.45) is 0. The second kappa shape index (κ2) is 8.57. The van der Waals surface area contributed by atoms with Crippen LogP contribution in [-0.4, -0.2) is 31.9 Å². The highest BCUT2D eigenvalue weighted by Gasteiger charge is 2.20. The van der Waals surface area contributed by atoms with Gasteiger partial charge in [0.25, 0.3) is 11.8 Å². The van der Waals surface area contributed by atoms with Gasteiger partial charge in [0.05, 0.1) is 5.25 Å². The van der Waals surface area contributed by atoms with Crippen LogP contribution in [-0.2, 0) is 4.79 Å². The normalized spacial score (nSPS) is 11.6. The van der Waals surface area contributed by atoms with Crippen LogP contribution >= 0.6 is 11.8 Å². The number of hydrogen-bond acceptors (Lipinski definition) is 6. The lowest BCUT2D eigenvalue weighted by atomic mass is 10.1. The summed E-state index contributed by atoms with van der Waals surface area (Å²) >= 11 is 1.15. The first-order valence-corrected chi connectivity index (χ1v) is 9.43. The number of nitrogens with two attached hydrogens (primary N) is 1. The molecule has 0 radical (unpaired) electrons. The first-order valence-electron chi connectivity index (χ1n) is 8.55. The first-order chi connectivity index (χ1) is 13.5. The van der Waals surface area contributed by atoms with Gasteiger partial charge >= 0.3 is 0 Å². The Morgan fingerprint density at radius 2 is 1.71 bits per heavy atom. The van der Waals surface area contributed by atoms with Gasteiger partial charge in [-0.05, 0) is 26.0 Å². The van der Waals surface area contributed by atoms with Crippen LogP contribution < -0.4 is 16.7 Å². The number of hydrazine groups is 1. The number of nitrogens with one attached hydrogen (secondary N) is 2. The standard InChI is InChI=1S/C19H20N6O2S/c1-12-8-10-14(11-9-12)16-21-24-19(25(16)20)28-13(2)17(26)22-23-18(27)15-6-4-3-5-7-15/h3-11,13H,20H2,1-2H3,(H,22,26)(H,23,27). The molecule has 0 saturated carbocycles. The van der Waals surface area contributed by atoms with E-state index in [0.29, 0.717) is 16.5 Å². The maximum atomic E-state index is 12.3. The van der Waals surface area contributed by atoms with E-state index in [2.05, 4.69) is 21.0 Å². The fourth-order valence-electron chi connectivity index (χ4n) is 2.35. The lowest BCUT2D eigenvalue weighted by molar-refractivity contribution is -0.121. The van der Waals surface area contributed by atoms with Crippen LogP contribution in [0.15, 0.2) is 59.8 Å². The van der Waals surface area contributed by atoms with Gasteiger partial charge in [-0.1, -0.05) is 59.8 Å². The van der Waals surface area contributed by atoms with Crippen molar-refractivity contribution in [2.75, 3.05) is 5.84 Å². The van der Waals surface area contributed by atoms with Crippen LogP contribution in [0.1, 0.15) is 22.8 Å². The summed E-state index contributed by atoms with van der Waals surface area (Å²) in [5.74, 6) is 5.82. The molecule has 0 aliphatic rings. The van der Waals surface area contributed by atoms with E-state index in [0.717, 1.165) is 22.9 Å². The summed E-state index contributed by atoms with van der Waals surface area (Å²) in [6, 6.07) is 16.3. The number of aromatic nitrogens is 3. The van der Waals surface area contributed by atoms with E-state index in [9.17, 15) is 9.59 Å². The van der Waals surface area contributed by atoms with E-state index in [1.54, 1.807) is 31.2 Å². The lowest BCUT2D eigenvalue weighted by Crippen LogP contribution is -2.45. The first kappa shape index (κ1) is 19.4. The van der Waals surface area contributed by atoms with E-state index in [1.165, 1.54) is 4.68 Å². The summed E-state index contributed by atoms with van der Waals surface area (Å²) in [7, 11) is 0. The molecule has 0 aliphatic heterocycles. The summed E-state index contributed by atoms with van der Waals surface area (Å²) < 4.78 is 1.35. The Morgan fingerprint density at radius 3 is 2.39 bits per heavy atom. The zero-order valence-electron chi connectivity index (χ0n) is 15.4. The van der Waals surface area contributed by atoms with E-state index >= 15 is 0 Å². The fraction of sp³-hybridized carbons (Fsp3) is 0.158. The Hall–Kier alpha value is -3.33. The van der Waals surface area contributed by atoms with Crippen molar-refractivity contribution >= 4 is 23.6 Å². The van der Waals surface area contributed by atoms with Gasteiger partial charge in [0.15, 0.2) is 5.82 Å². The predicted octanol–water partition coefficient (Wildman–Crippen LogP) is 1.91. The minimum absolute atomic E-state index is 0.380. The summed E-state index contributed by atoms with van der Waals surface area (Å²) in [5, 5.41) is 8.02. The number of nitrogens with zero attached hydrogens (tertiary/aromatic N) is 3. The average Bonchev–Trinajstić information content (AvgIpc) is 3.07. The Balaban J connectivity index is 1.60. The number of amides is 2. The Labute approximate surface area is 166 Å². The third-order valence-corrected chi connectivity index (χ3v) is 5.02. The molecular formula is C19H20N6O2S. The van der Waals surface area contributed by atoms with Gasteiger partial charge in [0.2, 0.25) is 5.16 Å². The van der Waals surface area contributed by atoms with E-state index in [1.807, 2.05) is 37.3 Å². The summed E-state index contributed by atoms with van der Waals surface area (Å²) in [5.41, 5.74) is 7.21. The van der Waals surface area contributed by atoms with Gasteiger partial charge in [-0.2, -0.15) is 0 Å². The third kappa shape index (κ3) is 4.49. The lowest BCUT2D eigenvalue weighted by Gasteiger charge is -2.12. The molecule has 9 heteroatoms. The largest absolute Gasteiger partial charge is 0.335 e.